The van der Waals surface area contributed by atoms with E-state index in [0.717, 1.165) is 0 Å². The van der Waals surface area contributed by atoms with E-state index < -0.39 is 5.97 Å². The van der Waals surface area contributed by atoms with Crippen LogP contribution >= 0.6 is 23.2 Å². The zero-order valence-corrected chi connectivity index (χ0v) is 18.5. The third kappa shape index (κ3) is 6.43. The second-order valence-electron chi connectivity index (χ2n) is 5.97. The highest BCUT2D eigenvalue weighted by molar-refractivity contribution is 6.35. The Morgan fingerprint density at radius 2 is 1.57 bits per heavy atom. The van der Waals surface area contributed by atoms with Gasteiger partial charge in [0.25, 0.3) is 0 Å². The van der Waals surface area contributed by atoms with E-state index in [4.69, 9.17) is 48.0 Å². The maximum atomic E-state index is 12.5. The van der Waals surface area contributed by atoms with Crippen molar-refractivity contribution in [2.24, 2.45) is 10.9 Å². The second-order valence-corrected chi connectivity index (χ2v) is 6.82. The standard InChI is InChI=1S/C21H24Cl2N2O5/c1-4-27-17-9-14(10-18(28-5-2)20(17)29-6-3)21(26)30-25-19(24)11-13-7-8-15(22)12-16(13)23/h7-10,12H,4-6,11H2,1-3H3,(H2,24,25). The van der Waals surface area contributed by atoms with Crippen LogP contribution in [0.15, 0.2) is 35.5 Å². The minimum Gasteiger partial charge on any atom is -0.490 e. The normalized spacial score (nSPS) is 11.2. The smallest absolute Gasteiger partial charge is 0.366 e. The Kier molecular flexibility index (Phi) is 9.08. The van der Waals surface area contributed by atoms with Crippen molar-refractivity contribution in [2.75, 3.05) is 19.8 Å². The van der Waals surface area contributed by atoms with Crippen molar-refractivity contribution in [1.29, 1.82) is 0 Å². The summed E-state index contributed by atoms with van der Waals surface area (Å²) < 4.78 is 16.8. The lowest BCUT2D eigenvalue weighted by Gasteiger charge is -2.16. The van der Waals surface area contributed by atoms with Crippen molar-refractivity contribution in [2.45, 2.75) is 27.2 Å². The van der Waals surface area contributed by atoms with Crippen LogP contribution < -0.4 is 19.9 Å². The number of nitrogens with two attached hydrogens (primary N) is 1. The molecule has 0 bridgehead atoms. The van der Waals surface area contributed by atoms with Crippen LogP contribution in [0.25, 0.3) is 0 Å². The highest BCUT2D eigenvalue weighted by atomic mass is 35.5. The van der Waals surface area contributed by atoms with Crippen molar-refractivity contribution in [3.8, 4) is 17.2 Å². The average Bonchev–Trinajstić information content (AvgIpc) is 2.71. The summed E-state index contributed by atoms with van der Waals surface area (Å²) in [5.74, 6) is 0.543. The van der Waals surface area contributed by atoms with Crippen LogP contribution in [0.3, 0.4) is 0 Å². The Hall–Kier alpha value is -2.64. The molecular formula is C21H24Cl2N2O5. The zero-order valence-electron chi connectivity index (χ0n) is 17.0. The first-order valence-corrected chi connectivity index (χ1v) is 10.2. The summed E-state index contributed by atoms with van der Waals surface area (Å²) in [5, 5.41) is 4.67. The third-order valence-corrected chi connectivity index (χ3v) is 4.36. The third-order valence-electron chi connectivity index (χ3n) is 3.78. The van der Waals surface area contributed by atoms with Gasteiger partial charge in [0, 0.05) is 16.5 Å². The first-order valence-electron chi connectivity index (χ1n) is 9.43. The van der Waals surface area contributed by atoms with Gasteiger partial charge in [-0.25, -0.2) is 4.79 Å². The minimum atomic E-state index is -0.717. The molecular weight excluding hydrogens is 431 g/mol. The van der Waals surface area contributed by atoms with Gasteiger partial charge in [-0.3, -0.25) is 0 Å². The second kappa shape index (κ2) is 11.5. The van der Waals surface area contributed by atoms with E-state index in [0.29, 0.717) is 52.7 Å². The minimum absolute atomic E-state index is 0.0774. The predicted octanol–water partition coefficient (Wildman–Crippen LogP) is 4.86. The topological polar surface area (TPSA) is 92.4 Å². The monoisotopic (exact) mass is 454 g/mol. The van der Waals surface area contributed by atoms with Gasteiger partial charge >= 0.3 is 5.97 Å². The van der Waals surface area contributed by atoms with Crippen LogP contribution in [0.2, 0.25) is 10.0 Å². The van der Waals surface area contributed by atoms with E-state index in [1.165, 1.54) is 12.1 Å². The van der Waals surface area contributed by atoms with E-state index in [1.807, 2.05) is 20.8 Å². The van der Waals surface area contributed by atoms with Gasteiger partial charge in [-0.05, 0) is 50.6 Å². The number of benzene rings is 2. The molecule has 0 aliphatic carbocycles. The number of carbonyl (C=O) groups excluding carboxylic acids is 1. The average molecular weight is 455 g/mol. The fraction of sp³-hybridized carbons (Fsp3) is 0.333. The molecule has 0 saturated carbocycles. The van der Waals surface area contributed by atoms with Gasteiger partial charge in [-0.2, -0.15) is 0 Å². The number of carbonyl (C=O) groups is 1. The van der Waals surface area contributed by atoms with E-state index in [1.54, 1.807) is 18.2 Å². The lowest BCUT2D eigenvalue weighted by atomic mass is 10.1. The number of rotatable bonds is 10. The Bertz CT molecular complexity index is 891. The summed E-state index contributed by atoms with van der Waals surface area (Å²) in [6.07, 6.45) is 0.195. The highest BCUT2D eigenvalue weighted by Gasteiger charge is 2.19. The van der Waals surface area contributed by atoms with Crippen molar-refractivity contribution in [3.63, 3.8) is 0 Å². The Balaban J connectivity index is 2.21. The molecule has 0 saturated heterocycles. The summed E-state index contributed by atoms with van der Waals surface area (Å²) >= 11 is 12.0. The number of hydrogen-bond acceptors (Lipinski definition) is 6. The van der Waals surface area contributed by atoms with Crippen LogP contribution in [0.4, 0.5) is 0 Å². The van der Waals surface area contributed by atoms with Crippen molar-refractivity contribution in [3.05, 3.63) is 51.5 Å². The molecule has 0 amide bonds. The fourth-order valence-electron chi connectivity index (χ4n) is 2.55. The van der Waals surface area contributed by atoms with Gasteiger partial charge in [0.1, 0.15) is 5.84 Å². The van der Waals surface area contributed by atoms with Gasteiger partial charge in [0.05, 0.1) is 25.4 Å². The molecule has 9 heteroatoms. The molecule has 0 atom stereocenters. The number of nitrogens with zero attached hydrogens (tertiary/aromatic N) is 1. The van der Waals surface area contributed by atoms with Gasteiger partial charge in [0.2, 0.25) is 5.75 Å². The molecule has 2 N–H and O–H groups in total. The van der Waals surface area contributed by atoms with E-state index >= 15 is 0 Å². The number of hydrogen-bond donors (Lipinski definition) is 1. The fourth-order valence-corrected chi connectivity index (χ4v) is 3.03. The predicted molar refractivity (Wildman–Crippen MR) is 117 cm³/mol. The molecule has 2 aromatic rings. The number of halogens is 2. The summed E-state index contributed by atoms with van der Waals surface area (Å²) in [4.78, 5) is 17.5. The van der Waals surface area contributed by atoms with Crippen molar-refractivity contribution in [1.82, 2.24) is 0 Å². The molecule has 0 radical (unpaired) electrons. The lowest BCUT2D eigenvalue weighted by Crippen LogP contribution is -2.17. The van der Waals surface area contributed by atoms with Crippen molar-refractivity contribution >= 4 is 35.0 Å². The maximum Gasteiger partial charge on any atom is 0.366 e. The van der Waals surface area contributed by atoms with Gasteiger partial charge < -0.3 is 24.8 Å². The van der Waals surface area contributed by atoms with E-state index in [2.05, 4.69) is 5.16 Å². The molecule has 0 fully saturated rings. The first kappa shape index (κ1) is 23.6. The summed E-state index contributed by atoms with van der Waals surface area (Å²) in [7, 11) is 0. The Labute approximate surface area is 185 Å². The number of amidine groups is 1. The molecule has 7 nitrogen and oxygen atoms in total. The lowest BCUT2D eigenvalue weighted by molar-refractivity contribution is 0.0513. The van der Waals surface area contributed by atoms with Crippen LogP contribution in [-0.2, 0) is 11.3 Å². The molecule has 0 unspecified atom stereocenters. The van der Waals surface area contributed by atoms with Crippen LogP contribution in [-0.4, -0.2) is 31.6 Å². The summed E-state index contributed by atoms with van der Waals surface area (Å²) in [5.41, 5.74) is 6.76. The van der Waals surface area contributed by atoms with Gasteiger partial charge in [-0.1, -0.05) is 34.4 Å². The SMILES string of the molecule is CCOc1cc(C(=O)O/N=C(/N)Cc2ccc(Cl)cc2Cl)cc(OCC)c1OCC. The molecule has 162 valence electrons. The molecule has 30 heavy (non-hydrogen) atoms. The molecule has 0 heterocycles. The van der Waals surface area contributed by atoms with Gasteiger partial charge in [-0.15, -0.1) is 0 Å². The Morgan fingerprint density at radius 3 is 2.10 bits per heavy atom. The zero-order chi connectivity index (χ0) is 22.1. The highest BCUT2D eigenvalue weighted by Crippen LogP contribution is 2.39. The molecule has 2 aromatic carbocycles. The van der Waals surface area contributed by atoms with E-state index in [-0.39, 0.29) is 17.8 Å². The molecule has 0 aromatic heterocycles. The Morgan fingerprint density at radius 1 is 0.967 bits per heavy atom. The van der Waals surface area contributed by atoms with Crippen LogP contribution in [0.1, 0.15) is 36.7 Å². The number of oxime groups is 1. The van der Waals surface area contributed by atoms with E-state index in [9.17, 15) is 4.79 Å². The molecule has 0 aliphatic rings. The number of ether oxygens (including phenoxy) is 3. The quantitative estimate of drug-likeness (QED) is 0.238. The van der Waals surface area contributed by atoms with Crippen LogP contribution in [0.5, 0.6) is 17.2 Å². The van der Waals surface area contributed by atoms with Crippen LogP contribution in [0, 0.1) is 0 Å². The molecule has 2 rings (SSSR count). The largest absolute Gasteiger partial charge is 0.490 e. The van der Waals surface area contributed by atoms with Crippen molar-refractivity contribution < 1.29 is 23.8 Å². The molecule has 0 aliphatic heterocycles. The first-order chi connectivity index (χ1) is 14.4. The summed E-state index contributed by atoms with van der Waals surface area (Å²) in [6, 6.07) is 8.04. The maximum absolute atomic E-state index is 12.5. The van der Waals surface area contributed by atoms with Gasteiger partial charge in [0.15, 0.2) is 11.5 Å². The summed E-state index contributed by atoms with van der Waals surface area (Å²) in [6.45, 7) is 6.69. The molecule has 0 spiro atoms.